The monoisotopic (exact) mass is 324 g/mol. The van der Waals surface area contributed by atoms with Gasteiger partial charge in [0, 0.05) is 12.5 Å². The van der Waals surface area contributed by atoms with Crippen LogP contribution in [0, 0.1) is 5.82 Å². The van der Waals surface area contributed by atoms with E-state index in [9.17, 15) is 9.18 Å². The second-order valence-electron chi connectivity index (χ2n) is 4.78. The van der Waals surface area contributed by atoms with Gasteiger partial charge in [0.1, 0.15) is 10.3 Å². The van der Waals surface area contributed by atoms with Crippen LogP contribution in [-0.2, 0) is 6.54 Å². The molecule has 0 N–H and O–H groups in total. The number of hydrogen-bond donors (Lipinski definition) is 0. The SMILES string of the molecule is CCn1c(C2CC2)c(Br)c(=O)n1-c1ccc(F)cc1. The highest BCUT2D eigenvalue weighted by atomic mass is 79.9. The molecule has 1 aliphatic rings. The summed E-state index contributed by atoms with van der Waals surface area (Å²) in [5, 5.41) is 0. The van der Waals surface area contributed by atoms with E-state index in [2.05, 4.69) is 15.9 Å². The Labute approximate surface area is 118 Å². The van der Waals surface area contributed by atoms with Crippen LogP contribution in [0.1, 0.15) is 31.4 Å². The third kappa shape index (κ3) is 2.06. The molecule has 0 unspecified atom stereocenters. The summed E-state index contributed by atoms with van der Waals surface area (Å²) in [6.45, 7) is 2.72. The van der Waals surface area contributed by atoms with Crippen LogP contribution in [0.25, 0.3) is 5.69 Å². The molecular formula is C14H14BrFN2O. The van der Waals surface area contributed by atoms with E-state index in [4.69, 9.17) is 0 Å². The summed E-state index contributed by atoms with van der Waals surface area (Å²) >= 11 is 3.42. The molecule has 2 aromatic rings. The van der Waals surface area contributed by atoms with Crippen LogP contribution < -0.4 is 5.56 Å². The summed E-state index contributed by atoms with van der Waals surface area (Å²) in [6.07, 6.45) is 2.26. The average Bonchev–Trinajstić information content (AvgIpc) is 3.20. The zero-order chi connectivity index (χ0) is 13.6. The van der Waals surface area contributed by atoms with E-state index in [0.29, 0.717) is 22.6 Å². The molecule has 0 aliphatic heterocycles. The van der Waals surface area contributed by atoms with Crippen molar-refractivity contribution in [2.45, 2.75) is 32.2 Å². The van der Waals surface area contributed by atoms with E-state index < -0.39 is 0 Å². The first kappa shape index (κ1) is 12.7. The first-order valence-corrected chi connectivity index (χ1v) is 7.20. The summed E-state index contributed by atoms with van der Waals surface area (Å²) in [7, 11) is 0. The molecule has 3 nitrogen and oxygen atoms in total. The number of aromatic nitrogens is 2. The summed E-state index contributed by atoms with van der Waals surface area (Å²) in [5.74, 6) is 0.177. The van der Waals surface area contributed by atoms with Gasteiger partial charge in [-0.05, 0) is 60.0 Å². The van der Waals surface area contributed by atoms with Crippen molar-refractivity contribution in [1.82, 2.24) is 9.36 Å². The zero-order valence-corrected chi connectivity index (χ0v) is 12.2. The Kier molecular flexibility index (Phi) is 3.09. The Bertz CT molecular complexity index is 668. The van der Waals surface area contributed by atoms with Crippen LogP contribution in [0.4, 0.5) is 4.39 Å². The highest BCUT2D eigenvalue weighted by Gasteiger charge is 2.32. The second kappa shape index (κ2) is 4.63. The summed E-state index contributed by atoms with van der Waals surface area (Å²) in [5.41, 5.74) is 1.69. The number of benzene rings is 1. The summed E-state index contributed by atoms with van der Waals surface area (Å²) < 4.78 is 17.3. The smallest absolute Gasteiger partial charge is 0.281 e. The molecule has 19 heavy (non-hydrogen) atoms. The Morgan fingerprint density at radius 1 is 1.32 bits per heavy atom. The largest absolute Gasteiger partial charge is 0.286 e. The van der Waals surface area contributed by atoms with Crippen LogP contribution in [0.2, 0.25) is 0 Å². The number of nitrogens with zero attached hydrogens (tertiary/aromatic N) is 2. The van der Waals surface area contributed by atoms with Gasteiger partial charge < -0.3 is 0 Å². The van der Waals surface area contributed by atoms with Crippen molar-refractivity contribution < 1.29 is 4.39 Å². The van der Waals surface area contributed by atoms with Crippen molar-refractivity contribution in [2.75, 3.05) is 0 Å². The molecule has 1 saturated carbocycles. The van der Waals surface area contributed by atoms with Gasteiger partial charge in [-0.25, -0.2) is 9.07 Å². The lowest BCUT2D eigenvalue weighted by Crippen LogP contribution is -2.21. The number of rotatable bonds is 3. The van der Waals surface area contributed by atoms with E-state index >= 15 is 0 Å². The Morgan fingerprint density at radius 3 is 2.47 bits per heavy atom. The number of hydrogen-bond acceptors (Lipinski definition) is 1. The Hall–Kier alpha value is -1.36. The zero-order valence-electron chi connectivity index (χ0n) is 10.6. The highest BCUT2D eigenvalue weighted by Crippen LogP contribution is 2.42. The molecule has 1 aliphatic carbocycles. The van der Waals surface area contributed by atoms with E-state index in [1.54, 1.807) is 16.8 Å². The Morgan fingerprint density at radius 2 is 1.95 bits per heavy atom. The molecule has 1 aromatic carbocycles. The van der Waals surface area contributed by atoms with Gasteiger partial charge in [0.15, 0.2) is 0 Å². The molecule has 0 amide bonds. The molecule has 5 heteroatoms. The molecule has 3 rings (SSSR count). The van der Waals surface area contributed by atoms with Crippen LogP contribution in [0.3, 0.4) is 0 Å². The normalized spacial score (nSPS) is 14.9. The molecule has 0 radical (unpaired) electrons. The summed E-state index contributed by atoms with van der Waals surface area (Å²) in [6, 6.07) is 6.01. The molecule has 0 bridgehead atoms. The molecular weight excluding hydrogens is 311 g/mol. The van der Waals surface area contributed by atoms with Crippen LogP contribution in [-0.4, -0.2) is 9.36 Å². The van der Waals surface area contributed by atoms with Gasteiger partial charge in [0.25, 0.3) is 5.56 Å². The van der Waals surface area contributed by atoms with E-state index in [1.807, 2.05) is 11.6 Å². The van der Waals surface area contributed by atoms with Crippen molar-refractivity contribution in [3.05, 3.63) is 50.6 Å². The quantitative estimate of drug-likeness (QED) is 0.849. The predicted octanol–water partition coefficient (Wildman–Crippen LogP) is 3.44. The van der Waals surface area contributed by atoms with Crippen molar-refractivity contribution in [3.8, 4) is 5.69 Å². The Balaban J connectivity index is 2.23. The molecule has 0 saturated heterocycles. The van der Waals surface area contributed by atoms with E-state index in [-0.39, 0.29) is 11.4 Å². The molecule has 1 fully saturated rings. The standard InChI is InChI=1S/C14H14BrFN2O/c1-2-17-13(9-3-4-9)12(15)14(19)18(17)11-7-5-10(16)6-8-11/h5-9H,2-4H2,1H3. The van der Waals surface area contributed by atoms with Gasteiger partial charge >= 0.3 is 0 Å². The van der Waals surface area contributed by atoms with Crippen molar-refractivity contribution in [1.29, 1.82) is 0 Å². The molecule has 0 spiro atoms. The maximum absolute atomic E-state index is 13.0. The second-order valence-corrected chi connectivity index (χ2v) is 5.58. The van der Waals surface area contributed by atoms with E-state index in [1.165, 1.54) is 12.1 Å². The topological polar surface area (TPSA) is 26.9 Å². The fourth-order valence-electron chi connectivity index (χ4n) is 2.43. The van der Waals surface area contributed by atoms with Gasteiger partial charge in [-0.1, -0.05) is 0 Å². The van der Waals surface area contributed by atoms with E-state index in [0.717, 1.165) is 18.5 Å². The summed E-state index contributed by atoms with van der Waals surface area (Å²) in [4.78, 5) is 12.4. The molecule has 1 aromatic heterocycles. The third-order valence-corrected chi connectivity index (χ3v) is 4.20. The first-order chi connectivity index (χ1) is 9.13. The third-order valence-electron chi connectivity index (χ3n) is 3.46. The minimum atomic E-state index is -0.298. The van der Waals surface area contributed by atoms with Gasteiger partial charge in [-0.3, -0.25) is 9.48 Å². The lowest BCUT2D eigenvalue weighted by atomic mass is 10.3. The minimum Gasteiger partial charge on any atom is -0.281 e. The van der Waals surface area contributed by atoms with Gasteiger partial charge in [-0.2, -0.15) is 0 Å². The van der Waals surface area contributed by atoms with Crippen LogP contribution >= 0.6 is 15.9 Å². The fourth-order valence-corrected chi connectivity index (χ4v) is 3.13. The lowest BCUT2D eigenvalue weighted by molar-refractivity contribution is 0.547. The highest BCUT2D eigenvalue weighted by molar-refractivity contribution is 9.10. The van der Waals surface area contributed by atoms with Crippen LogP contribution in [0.15, 0.2) is 33.5 Å². The minimum absolute atomic E-state index is 0.0737. The van der Waals surface area contributed by atoms with Crippen molar-refractivity contribution in [2.24, 2.45) is 0 Å². The van der Waals surface area contributed by atoms with Gasteiger partial charge in [0.2, 0.25) is 0 Å². The fraction of sp³-hybridized carbons (Fsp3) is 0.357. The van der Waals surface area contributed by atoms with Crippen LogP contribution in [0.5, 0.6) is 0 Å². The first-order valence-electron chi connectivity index (χ1n) is 6.40. The lowest BCUT2D eigenvalue weighted by Gasteiger charge is -2.12. The maximum atomic E-state index is 13.0. The van der Waals surface area contributed by atoms with Gasteiger partial charge in [0.05, 0.1) is 11.4 Å². The van der Waals surface area contributed by atoms with Gasteiger partial charge in [-0.15, -0.1) is 0 Å². The maximum Gasteiger partial charge on any atom is 0.286 e. The number of halogens is 2. The predicted molar refractivity (Wildman–Crippen MR) is 75.3 cm³/mol. The van der Waals surface area contributed by atoms with Crippen molar-refractivity contribution >= 4 is 15.9 Å². The molecule has 1 heterocycles. The van der Waals surface area contributed by atoms with Crippen molar-refractivity contribution in [3.63, 3.8) is 0 Å². The molecule has 100 valence electrons. The molecule has 0 atom stereocenters. The average molecular weight is 325 g/mol.